The molecule has 0 fully saturated rings. The molecule has 0 unspecified atom stereocenters. The van der Waals surface area contributed by atoms with Gasteiger partial charge >= 0.3 is 0 Å². The second-order valence-electron chi connectivity index (χ2n) is 5.42. The first-order valence-corrected chi connectivity index (χ1v) is 8.49. The lowest BCUT2D eigenvalue weighted by Crippen LogP contribution is -2.13. The normalized spacial score (nSPS) is 10.4. The zero-order valence-electron chi connectivity index (χ0n) is 13.7. The van der Waals surface area contributed by atoms with Crippen molar-refractivity contribution in [3.05, 3.63) is 77.9 Å². The summed E-state index contributed by atoms with van der Waals surface area (Å²) < 4.78 is 5.76. The maximum Gasteiger partial charge on any atom is 0.267 e. The summed E-state index contributed by atoms with van der Waals surface area (Å²) in [5.74, 6) is 0.211. The van der Waals surface area contributed by atoms with Crippen LogP contribution < -0.4 is 10.5 Å². The van der Waals surface area contributed by atoms with E-state index in [1.807, 2.05) is 43.5 Å². The van der Waals surface area contributed by atoms with E-state index < -0.39 is 5.91 Å². The number of nitrogens with zero attached hydrogens (tertiary/aromatic N) is 2. The highest BCUT2D eigenvalue weighted by Crippen LogP contribution is 2.30. The molecule has 1 amide bonds. The van der Waals surface area contributed by atoms with E-state index in [1.54, 1.807) is 36.3 Å². The smallest absolute Gasteiger partial charge is 0.267 e. The fourth-order valence-corrected chi connectivity index (χ4v) is 3.04. The van der Waals surface area contributed by atoms with Crippen LogP contribution in [0.15, 0.2) is 70.8 Å². The predicted molar refractivity (Wildman–Crippen MR) is 96.6 cm³/mol. The van der Waals surface area contributed by atoms with Crippen molar-refractivity contribution in [1.29, 1.82) is 0 Å². The number of nitrogens with two attached hydrogens (primary N) is 1. The molecule has 0 radical (unpaired) electrons. The first-order chi connectivity index (χ1) is 12.1. The quantitative estimate of drug-likeness (QED) is 0.734. The Morgan fingerprint density at radius 3 is 2.68 bits per heavy atom. The number of rotatable bonds is 6. The number of aromatic nitrogens is 2. The minimum Gasteiger partial charge on any atom is -0.489 e. The van der Waals surface area contributed by atoms with Crippen molar-refractivity contribution in [3.63, 3.8) is 0 Å². The molecule has 0 saturated carbocycles. The summed E-state index contributed by atoms with van der Waals surface area (Å²) in [4.78, 5) is 21.5. The van der Waals surface area contributed by atoms with Gasteiger partial charge in [-0.2, -0.15) is 0 Å². The highest BCUT2D eigenvalue weighted by Gasteiger charge is 2.05. The van der Waals surface area contributed by atoms with Gasteiger partial charge in [0.1, 0.15) is 18.1 Å². The molecule has 5 nitrogen and oxygen atoms in total. The number of aryl methyl sites for hydroxylation is 1. The molecule has 0 saturated heterocycles. The molecule has 25 heavy (non-hydrogen) atoms. The third-order valence-electron chi connectivity index (χ3n) is 3.50. The SMILES string of the molecule is Cc1cnccc1Sc1ccc(OCc2ccnc(C(N)=O)c2)cc1. The van der Waals surface area contributed by atoms with Gasteiger partial charge in [-0.1, -0.05) is 11.8 Å². The van der Waals surface area contributed by atoms with Gasteiger partial charge in [0.25, 0.3) is 5.91 Å². The van der Waals surface area contributed by atoms with Crippen molar-refractivity contribution >= 4 is 17.7 Å². The Kier molecular flexibility index (Phi) is 5.30. The molecule has 2 aromatic heterocycles. The molecular formula is C19H17N3O2S. The van der Waals surface area contributed by atoms with Gasteiger partial charge in [-0.3, -0.25) is 14.8 Å². The van der Waals surface area contributed by atoms with E-state index in [9.17, 15) is 4.79 Å². The summed E-state index contributed by atoms with van der Waals surface area (Å²) >= 11 is 1.69. The lowest BCUT2D eigenvalue weighted by atomic mass is 10.2. The van der Waals surface area contributed by atoms with E-state index in [2.05, 4.69) is 9.97 Å². The second kappa shape index (κ2) is 7.81. The molecular weight excluding hydrogens is 334 g/mol. The molecule has 2 heterocycles. The van der Waals surface area contributed by atoms with Crippen LogP contribution in [-0.2, 0) is 6.61 Å². The Morgan fingerprint density at radius 2 is 1.96 bits per heavy atom. The number of primary amides is 1. The highest BCUT2D eigenvalue weighted by atomic mass is 32.2. The zero-order chi connectivity index (χ0) is 17.6. The Bertz CT molecular complexity index is 882. The van der Waals surface area contributed by atoms with Gasteiger partial charge in [-0.05, 0) is 60.5 Å². The van der Waals surface area contributed by atoms with E-state index in [4.69, 9.17) is 10.5 Å². The van der Waals surface area contributed by atoms with Crippen LogP contribution >= 0.6 is 11.8 Å². The average Bonchev–Trinajstić information content (AvgIpc) is 2.63. The van der Waals surface area contributed by atoms with Crippen molar-refractivity contribution in [3.8, 4) is 5.75 Å². The Labute approximate surface area is 150 Å². The number of pyridine rings is 2. The van der Waals surface area contributed by atoms with Crippen molar-refractivity contribution < 1.29 is 9.53 Å². The van der Waals surface area contributed by atoms with Crippen molar-refractivity contribution in [2.45, 2.75) is 23.3 Å². The molecule has 1 aromatic carbocycles. The molecule has 2 N–H and O–H groups in total. The molecule has 3 rings (SSSR count). The molecule has 0 atom stereocenters. The fraction of sp³-hybridized carbons (Fsp3) is 0.105. The third-order valence-corrected chi connectivity index (χ3v) is 4.69. The molecule has 6 heteroatoms. The number of ether oxygens (including phenoxy) is 1. The number of carbonyl (C=O) groups is 1. The van der Waals surface area contributed by atoms with Crippen molar-refractivity contribution in [2.24, 2.45) is 5.73 Å². The van der Waals surface area contributed by atoms with Gasteiger partial charge in [0.05, 0.1) is 0 Å². The summed E-state index contributed by atoms with van der Waals surface area (Å²) in [6, 6.07) is 13.3. The average molecular weight is 351 g/mol. The summed E-state index contributed by atoms with van der Waals surface area (Å²) in [7, 11) is 0. The standard InChI is InChI=1S/C19H17N3O2S/c1-13-11-21-8-7-18(13)25-16-4-2-15(3-5-16)24-12-14-6-9-22-17(10-14)19(20)23/h2-11H,12H2,1H3,(H2,20,23). The van der Waals surface area contributed by atoms with Gasteiger partial charge in [-0.25, -0.2) is 0 Å². The molecule has 0 aliphatic rings. The Balaban J connectivity index is 1.62. The molecule has 0 spiro atoms. The number of carbonyl (C=O) groups excluding carboxylic acids is 1. The van der Waals surface area contributed by atoms with Gasteiger partial charge in [0, 0.05) is 28.4 Å². The number of hydrogen-bond donors (Lipinski definition) is 1. The van der Waals surface area contributed by atoms with Gasteiger partial charge in [0.15, 0.2) is 0 Å². The van der Waals surface area contributed by atoms with Crippen LogP contribution in [0.4, 0.5) is 0 Å². The highest BCUT2D eigenvalue weighted by molar-refractivity contribution is 7.99. The number of hydrogen-bond acceptors (Lipinski definition) is 5. The lowest BCUT2D eigenvalue weighted by molar-refractivity contribution is 0.0995. The van der Waals surface area contributed by atoms with Gasteiger partial charge in [0.2, 0.25) is 0 Å². The molecule has 0 aliphatic heterocycles. The van der Waals surface area contributed by atoms with Crippen LogP contribution in [0, 0.1) is 6.92 Å². The largest absolute Gasteiger partial charge is 0.489 e. The maximum absolute atomic E-state index is 11.2. The van der Waals surface area contributed by atoms with Gasteiger partial charge in [-0.15, -0.1) is 0 Å². The van der Waals surface area contributed by atoms with Gasteiger partial charge < -0.3 is 10.5 Å². The van der Waals surface area contributed by atoms with E-state index in [1.165, 1.54) is 4.90 Å². The van der Waals surface area contributed by atoms with Crippen LogP contribution in [0.1, 0.15) is 21.6 Å². The van der Waals surface area contributed by atoms with Crippen LogP contribution in [0.25, 0.3) is 0 Å². The van der Waals surface area contributed by atoms with Crippen LogP contribution in [0.3, 0.4) is 0 Å². The molecule has 0 bridgehead atoms. The van der Waals surface area contributed by atoms with Crippen molar-refractivity contribution in [1.82, 2.24) is 9.97 Å². The minimum absolute atomic E-state index is 0.237. The Hall–Kier alpha value is -2.86. The Morgan fingerprint density at radius 1 is 1.16 bits per heavy atom. The first-order valence-electron chi connectivity index (χ1n) is 7.68. The van der Waals surface area contributed by atoms with E-state index in [0.29, 0.717) is 6.61 Å². The van der Waals surface area contributed by atoms with Crippen LogP contribution in [0.2, 0.25) is 0 Å². The monoisotopic (exact) mass is 351 g/mol. The van der Waals surface area contributed by atoms with E-state index >= 15 is 0 Å². The fourth-order valence-electron chi connectivity index (χ4n) is 2.17. The van der Waals surface area contributed by atoms with Crippen LogP contribution in [0.5, 0.6) is 5.75 Å². The third kappa shape index (κ3) is 4.58. The molecule has 126 valence electrons. The number of benzene rings is 1. The van der Waals surface area contributed by atoms with E-state index in [-0.39, 0.29) is 5.69 Å². The first kappa shape index (κ1) is 17.0. The summed E-state index contributed by atoms with van der Waals surface area (Å²) in [5, 5.41) is 0. The topological polar surface area (TPSA) is 78.1 Å². The van der Waals surface area contributed by atoms with E-state index in [0.717, 1.165) is 21.8 Å². The summed E-state index contributed by atoms with van der Waals surface area (Å²) in [6.45, 7) is 2.39. The minimum atomic E-state index is -0.547. The predicted octanol–water partition coefficient (Wildman–Crippen LogP) is 3.61. The second-order valence-corrected chi connectivity index (χ2v) is 6.53. The summed E-state index contributed by atoms with van der Waals surface area (Å²) in [5.41, 5.74) is 7.46. The van der Waals surface area contributed by atoms with Crippen molar-refractivity contribution in [2.75, 3.05) is 0 Å². The number of amides is 1. The molecule has 3 aromatic rings. The molecule has 0 aliphatic carbocycles. The zero-order valence-corrected chi connectivity index (χ0v) is 14.5. The lowest BCUT2D eigenvalue weighted by Gasteiger charge is -2.08. The van der Waals surface area contributed by atoms with Crippen LogP contribution in [-0.4, -0.2) is 15.9 Å². The maximum atomic E-state index is 11.2. The summed E-state index contributed by atoms with van der Waals surface area (Å²) in [6.07, 6.45) is 5.20.